The van der Waals surface area contributed by atoms with E-state index in [4.69, 9.17) is 9.15 Å². The van der Waals surface area contributed by atoms with Gasteiger partial charge in [-0.2, -0.15) is 0 Å². The van der Waals surface area contributed by atoms with Crippen LogP contribution in [0.25, 0.3) is 11.3 Å². The molecule has 0 spiro atoms. The van der Waals surface area contributed by atoms with Crippen LogP contribution in [0, 0.1) is 5.82 Å². The first kappa shape index (κ1) is 17.6. The summed E-state index contributed by atoms with van der Waals surface area (Å²) in [5.41, 5.74) is 1.27. The van der Waals surface area contributed by atoms with Gasteiger partial charge >= 0.3 is 5.97 Å². The molecule has 0 unspecified atom stereocenters. The van der Waals surface area contributed by atoms with Gasteiger partial charge < -0.3 is 9.15 Å². The average Bonchev–Trinajstić information content (AvgIpc) is 3.15. The normalized spacial score (nSPS) is 10.5. The van der Waals surface area contributed by atoms with Crippen molar-refractivity contribution in [2.24, 2.45) is 0 Å². The van der Waals surface area contributed by atoms with Gasteiger partial charge in [0.1, 0.15) is 17.3 Å². The van der Waals surface area contributed by atoms with E-state index in [-0.39, 0.29) is 18.8 Å². The number of aryl methyl sites for hydroxylation is 1. The Morgan fingerprint density at radius 3 is 2.38 bits per heavy atom. The minimum atomic E-state index is -0.488. The summed E-state index contributed by atoms with van der Waals surface area (Å²) >= 11 is 0. The molecule has 0 saturated heterocycles. The minimum Gasteiger partial charge on any atom is -0.461 e. The number of ether oxygens (including phenoxy) is 1. The maximum Gasteiger partial charge on any atom is 0.306 e. The number of hydrogen-bond acceptors (Lipinski definition) is 4. The van der Waals surface area contributed by atoms with Gasteiger partial charge in [-0.1, -0.05) is 30.3 Å². The third kappa shape index (κ3) is 4.66. The van der Waals surface area contributed by atoms with Crippen molar-refractivity contribution >= 4 is 11.8 Å². The number of furan rings is 1. The molecular formula is C21H17FO4. The van der Waals surface area contributed by atoms with E-state index in [1.54, 1.807) is 0 Å². The summed E-state index contributed by atoms with van der Waals surface area (Å²) < 4.78 is 23.5. The Hall–Kier alpha value is -3.21. The van der Waals surface area contributed by atoms with Crippen molar-refractivity contribution in [2.75, 3.05) is 6.61 Å². The molecule has 2 aromatic carbocycles. The van der Waals surface area contributed by atoms with Gasteiger partial charge in [-0.15, -0.1) is 0 Å². The Balaban J connectivity index is 1.46. The largest absolute Gasteiger partial charge is 0.461 e. The number of ketones is 1. The minimum absolute atomic E-state index is 0.110. The molecule has 0 fully saturated rings. The summed E-state index contributed by atoms with van der Waals surface area (Å²) in [7, 11) is 0. The van der Waals surface area contributed by atoms with Crippen molar-refractivity contribution < 1.29 is 23.1 Å². The molecule has 132 valence electrons. The zero-order valence-electron chi connectivity index (χ0n) is 14.0. The highest BCUT2D eigenvalue weighted by Gasteiger charge is 2.12. The second kappa shape index (κ2) is 8.25. The van der Waals surface area contributed by atoms with Gasteiger partial charge in [0.2, 0.25) is 0 Å². The predicted octanol–water partition coefficient (Wildman–Crippen LogP) is 4.44. The SMILES string of the molecule is O=C(CCc1ccc(-c2ccccc2)o1)OCC(=O)c1ccc(F)cc1. The number of rotatable bonds is 7. The Morgan fingerprint density at radius 1 is 0.923 bits per heavy atom. The van der Waals surface area contributed by atoms with Crippen molar-refractivity contribution in [3.63, 3.8) is 0 Å². The smallest absolute Gasteiger partial charge is 0.306 e. The van der Waals surface area contributed by atoms with Gasteiger partial charge in [-0.3, -0.25) is 9.59 Å². The van der Waals surface area contributed by atoms with E-state index in [0.717, 1.165) is 11.3 Å². The first-order valence-electron chi connectivity index (χ1n) is 8.20. The maximum atomic E-state index is 12.8. The Kier molecular flexibility index (Phi) is 5.59. The topological polar surface area (TPSA) is 56.5 Å². The molecule has 0 saturated carbocycles. The molecule has 0 atom stereocenters. The third-order valence-electron chi connectivity index (χ3n) is 3.83. The summed E-state index contributed by atoms with van der Waals surface area (Å²) in [4.78, 5) is 23.7. The first-order chi connectivity index (χ1) is 12.6. The van der Waals surface area contributed by atoms with E-state index < -0.39 is 11.8 Å². The van der Waals surface area contributed by atoms with Crippen LogP contribution in [0.2, 0.25) is 0 Å². The summed E-state index contributed by atoms with van der Waals surface area (Å²) in [6, 6.07) is 18.4. The van der Waals surface area contributed by atoms with E-state index in [0.29, 0.717) is 17.7 Å². The van der Waals surface area contributed by atoms with Crippen LogP contribution in [0.4, 0.5) is 4.39 Å². The molecule has 0 N–H and O–H groups in total. The molecule has 5 heteroatoms. The van der Waals surface area contributed by atoms with Gasteiger partial charge in [0.05, 0.1) is 6.42 Å². The number of halogens is 1. The van der Waals surface area contributed by atoms with Gasteiger partial charge in [0.25, 0.3) is 0 Å². The van der Waals surface area contributed by atoms with Crippen LogP contribution >= 0.6 is 0 Å². The van der Waals surface area contributed by atoms with Crippen molar-refractivity contribution in [3.8, 4) is 11.3 Å². The maximum absolute atomic E-state index is 12.8. The molecule has 4 nitrogen and oxygen atoms in total. The lowest BCUT2D eigenvalue weighted by Gasteiger charge is -2.04. The van der Waals surface area contributed by atoms with Crippen LogP contribution < -0.4 is 0 Å². The zero-order chi connectivity index (χ0) is 18.4. The van der Waals surface area contributed by atoms with Crippen LogP contribution in [-0.2, 0) is 16.0 Å². The van der Waals surface area contributed by atoms with Crippen LogP contribution in [0.5, 0.6) is 0 Å². The van der Waals surface area contributed by atoms with E-state index in [1.807, 2.05) is 42.5 Å². The summed E-state index contributed by atoms with van der Waals surface area (Å²) in [6.07, 6.45) is 0.495. The van der Waals surface area contributed by atoms with Crippen molar-refractivity contribution in [3.05, 3.63) is 83.9 Å². The Labute approximate surface area is 150 Å². The fourth-order valence-corrected chi connectivity index (χ4v) is 2.43. The van der Waals surface area contributed by atoms with Gasteiger partial charge in [0, 0.05) is 17.5 Å². The average molecular weight is 352 g/mol. The lowest BCUT2D eigenvalue weighted by atomic mass is 10.1. The zero-order valence-corrected chi connectivity index (χ0v) is 14.0. The lowest BCUT2D eigenvalue weighted by molar-refractivity contribution is -0.142. The van der Waals surface area contributed by atoms with Gasteiger partial charge in [-0.05, 0) is 36.4 Å². The molecular weight excluding hydrogens is 335 g/mol. The van der Waals surface area contributed by atoms with E-state index in [9.17, 15) is 14.0 Å². The molecule has 3 rings (SSSR count). The molecule has 0 aliphatic heterocycles. The lowest BCUT2D eigenvalue weighted by Crippen LogP contribution is -2.14. The number of carbonyl (C=O) groups is 2. The Bertz CT molecular complexity index is 882. The molecule has 0 aliphatic rings. The third-order valence-corrected chi connectivity index (χ3v) is 3.83. The van der Waals surface area contributed by atoms with E-state index in [2.05, 4.69) is 0 Å². The van der Waals surface area contributed by atoms with E-state index in [1.165, 1.54) is 24.3 Å². The molecule has 0 aliphatic carbocycles. The van der Waals surface area contributed by atoms with Crippen LogP contribution in [-0.4, -0.2) is 18.4 Å². The van der Waals surface area contributed by atoms with Gasteiger partial charge in [0.15, 0.2) is 12.4 Å². The van der Waals surface area contributed by atoms with Crippen LogP contribution in [0.15, 0.2) is 71.1 Å². The fraction of sp³-hybridized carbons (Fsp3) is 0.143. The number of esters is 1. The number of benzene rings is 2. The van der Waals surface area contributed by atoms with Crippen LogP contribution in [0.3, 0.4) is 0 Å². The van der Waals surface area contributed by atoms with Crippen molar-refractivity contribution in [1.82, 2.24) is 0 Å². The van der Waals surface area contributed by atoms with E-state index >= 15 is 0 Å². The predicted molar refractivity (Wildman–Crippen MR) is 94.2 cm³/mol. The Morgan fingerprint density at radius 2 is 1.65 bits per heavy atom. The second-order valence-corrected chi connectivity index (χ2v) is 5.72. The number of Topliss-reactive ketones (excluding diaryl/α,β-unsaturated/α-hetero) is 1. The number of carbonyl (C=O) groups excluding carboxylic acids is 2. The fourth-order valence-electron chi connectivity index (χ4n) is 2.43. The quantitative estimate of drug-likeness (QED) is 0.466. The molecule has 1 heterocycles. The molecule has 1 aromatic heterocycles. The summed E-state index contributed by atoms with van der Waals surface area (Å²) in [5.74, 6) is 0.124. The summed E-state index contributed by atoms with van der Waals surface area (Å²) in [6.45, 7) is -0.363. The van der Waals surface area contributed by atoms with Gasteiger partial charge in [-0.25, -0.2) is 4.39 Å². The second-order valence-electron chi connectivity index (χ2n) is 5.72. The highest BCUT2D eigenvalue weighted by Crippen LogP contribution is 2.22. The monoisotopic (exact) mass is 352 g/mol. The van der Waals surface area contributed by atoms with Crippen molar-refractivity contribution in [1.29, 1.82) is 0 Å². The molecule has 3 aromatic rings. The summed E-state index contributed by atoms with van der Waals surface area (Å²) in [5, 5.41) is 0. The highest BCUT2D eigenvalue weighted by atomic mass is 19.1. The number of hydrogen-bond donors (Lipinski definition) is 0. The molecule has 0 radical (unpaired) electrons. The molecule has 0 bridgehead atoms. The van der Waals surface area contributed by atoms with Crippen LogP contribution in [0.1, 0.15) is 22.5 Å². The van der Waals surface area contributed by atoms with Crippen molar-refractivity contribution in [2.45, 2.75) is 12.8 Å². The molecule has 0 amide bonds. The first-order valence-corrected chi connectivity index (χ1v) is 8.20. The molecule has 26 heavy (non-hydrogen) atoms. The standard InChI is InChI=1S/C21H17FO4/c22-17-8-6-15(7-9-17)19(23)14-25-21(24)13-11-18-10-12-20(26-18)16-4-2-1-3-5-16/h1-10,12H,11,13-14H2. The highest BCUT2D eigenvalue weighted by molar-refractivity contribution is 5.97.